The van der Waals surface area contributed by atoms with Gasteiger partial charge in [0.2, 0.25) is 0 Å². The number of rotatable bonds is 7. The first-order chi connectivity index (χ1) is 17.1. The summed E-state index contributed by atoms with van der Waals surface area (Å²) < 4.78 is 16.8. The summed E-state index contributed by atoms with van der Waals surface area (Å²) in [6.45, 7) is 3.93. The van der Waals surface area contributed by atoms with Gasteiger partial charge in [0.05, 0.1) is 11.9 Å². The molecule has 1 saturated carbocycles. The molecule has 0 aromatic carbocycles. The Morgan fingerprint density at radius 3 is 2.94 bits per heavy atom. The monoisotopic (exact) mass is 476 g/mol. The first-order valence-corrected chi connectivity index (χ1v) is 12.2. The lowest BCUT2D eigenvalue weighted by Crippen LogP contribution is -2.26. The molecule has 9 nitrogen and oxygen atoms in total. The molecule has 3 atom stereocenters. The lowest BCUT2D eigenvalue weighted by molar-refractivity contribution is 0.0951. The summed E-state index contributed by atoms with van der Waals surface area (Å²) in [6.07, 6.45) is 7.42. The number of carbonyl (C=O) groups excluding carboxylic acids is 1. The Hall–Kier alpha value is -3.53. The first-order valence-electron chi connectivity index (χ1n) is 12.2. The Balaban J connectivity index is 1.44. The molecule has 2 fully saturated rings. The van der Waals surface area contributed by atoms with Gasteiger partial charge in [0.25, 0.3) is 5.91 Å². The number of amides is 1. The number of carbonyl (C=O) groups is 1. The molecule has 10 heteroatoms. The number of likely N-dealkylation sites (tertiary alicyclic amines) is 1. The van der Waals surface area contributed by atoms with Gasteiger partial charge < -0.3 is 15.2 Å². The second-order valence-electron chi connectivity index (χ2n) is 9.62. The number of hydrogen-bond donors (Lipinski definition) is 2. The number of nitrogens with one attached hydrogen (secondary N) is 2. The summed E-state index contributed by atoms with van der Waals surface area (Å²) in [5, 5.41) is 11.7. The zero-order valence-corrected chi connectivity index (χ0v) is 19.9. The fraction of sp³-hybridized carbons (Fsp3) is 0.440. The molecule has 35 heavy (non-hydrogen) atoms. The fourth-order valence-electron chi connectivity index (χ4n) is 5.14. The Bertz CT molecular complexity index is 1410. The number of nitrogens with zero attached hydrogens (tertiary/aromatic N) is 6. The van der Waals surface area contributed by atoms with Crippen LogP contribution in [0, 0.1) is 5.92 Å². The van der Waals surface area contributed by atoms with Crippen molar-refractivity contribution in [1.29, 1.82) is 0 Å². The van der Waals surface area contributed by atoms with Gasteiger partial charge in [-0.1, -0.05) is 6.92 Å². The van der Waals surface area contributed by atoms with Crippen molar-refractivity contribution in [3.63, 3.8) is 0 Å². The number of aromatic nitrogens is 5. The van der Waals surface area contributed by atoms with Crippen LogP contribution in [0.15, 0.2) is 36.8 Å². The number of hydrogen-bond acceptors (Lipinski definition) is 6. The van der Waals surface area contributed by atoms with Crippen molar-refractivity contribution in [3.8, 4) is 11.3 Å². The molecule has 1 amide bonds. The van der Waals surface area contributed by atoms with Gasteiger partial charge in [-0.15, -0.1) is 0 Å². The summed E-state index contributed by atoms with van der Waals surface area (Å²) in [7, 11) is 1.83. The second-order valence-corrected chi connectivity index (χ2v) is 9.62. The zero-order chi connectivity index (χ0) is 24.1. The van der Waals surface area contributed by atoms with Crippen molar-refractivity contribution in [2.24, 2.45) is 5.92 Å². The lowest BCUT2D eigenvalue weighted by Gasteiger charge is -2.15. The third kappa shape index (κ3) is 3.81. The van der Waals surface area contributed by atoms with Crippen molar-refractivity contribution in [2.45, 2.75) is 31.8 Å². The van der Waals surface area contributed by atoms with Crippen LogP contribution in [0.1, 0.15) is 36.2 Å². The van der Waals surface area contributed by atoms with Crippen molar-refractivity contribution >= 4 is 28.4 Å². The highest BCUT2D eigenvalue weighted by Gasteiger charge is 2.35. The third-order valence-electron chi connectivity index (χ3n) is 7.31. The van der Waals surface area contributed by atoms with Crippen LogP contribution in [0.4, 0.5) is 10.2 Å². The normalized spacial score (nSPS) is 22.2. The van der Waals surface area contributed by atoms with Crippen molar-refractivity contribution < 1.29 is 9.18 Å². The fourth-order valence-corrected chi connectivity index (χ4v) is 5.14. The van der Waals surface area contributed by atoms with Gasteiger partial charge in [-0.05, 0) is 30.9 Å². The van der Waals surface area contributed by atoms with E-state index in [1.165, 1.54) is 0 Å². The molecular formula is C25H29FN8O. The van der Waals surface area contributed by atoms with E-state index in [0.717, 1.165) is 54.0 Å². The molecule has 2 aliphatic rings. The molecule has 5 heterocycles. The maximum atomic E-state index is 13.0. The van der Waals surface area contributed by atoms with Crippen LogP contribution in [-0.4, -0.2) is 74.4 Å². The average molecular weight is 477 g/mol. The number of pyridine rings is 1. The maximum Gasteiger partial charge on any atom is 0.256 e. The maximum absolute atomic E-state index is 13.0. The van der Waals surface area contributed by atoms with Crippen LogP contribution in [0.3, 0.4) is 0 Å². The highest BCUT2D eigenvalue weighted by molar-refractivity contribution is 6.01. The number of alkyl halides is 1. The van der Waals surface area contributed by atoms with Gasteiger partial charge in [0.15, 0.2) is 5.65 Å². The van der Waals surface area contributed by atoms with Gasteiger partial charge in [0.1, 0.15) is 23.7 Å². The van der Waals surface area contributed by atoms with Gasteiger partial charge in [-0.25, -0.2) is 14.4 Å². The van der Waals surface area contributed by atoms with E-state index in [9.17, 15) is 9.18 Å². The van der Waals surface area contributed by atoms with Crippen molar-refractivity contribution in [3.05, 3.63) is 42.4 Å². The Morgan fingerprint density at radius 2 is 2.17 bits per heavy atom. The van der Waals surface area contributed by atoms with Crippen LogP contribution < -0.4 is 10.6 Å². The average Bonchev–Trinajstić information content (AvgIpc) is 3.26. The molecule has 1 aliphatic carbocycles. The molecule has 1 aliphatic heterocycles. The topological polar surface area (TPSA) is 92.4 Å². The number of anilines is 1. The molecule has 6 rings (SSSR count). The standard InChI is InChI=1S/C25H29FN8O/c1-15-10-20(15)31-25(35)18-12-29-34-22(27-2)11-21(30-24(18)34)19-14-33(23-17(19)4-3-7-28-23)16-5-8-32(13-16)9-6-26/h3-4,7,11-12,14-16,20,27H,5-6,8-10,13H2,1-2H3,(H,31,35)/t15-,16-,20+/m0/s1. The second kappa shape index (κ2) is 8.60. The molecule has 2 N–H and O–H groups in total. The minimum atomic E-state index is -0.333. The van der Waals surface area contributed by atoms with Gasteiger partial charge in [-0.2, -0.15) is 9.61 Å². The minimum absolute atomic E-state index is 0.149. The van der Waals surface area contributed by atoms with E-state index in [4.69, 9.17) is 4.98 Å². The molecule has 0 bridgehead atoms. The Morgan fingerprint density at radius 1 is 1.31 bits per heavy atom. The minimum Gasteiger partial charge on any atom is -0.373 e. The molecule has 182 valence electrons. The third-order valence-corrected chi connectivity index (χ3v) is 7.31. The molecule has 4 aromatic rings. The summed E-state index contributed by atoms with van der Waals surface area (Å²) in [6, 6.07) is 6.35. The summed E-state index contributed by atoms with van der Waals surface area (Å²) in [5.41, 5.74) is 3.54. The summed E-state index contributed by atoms with van der Waals surface area (Å²) in [5.74, 6) is 1.10. The summed E-state index contributed by atoms with van der Waals surface area (Å²) in [4.78, 5) is 24.7. The quantitative estimate of drug-likeness (QED) is 0.426. The predicted octanol–water partition coefficient (Wildman–Crippen LogP) is 3.14. The molecule has 0 unspecified atom stereocenters. The highest BCUT2D eigenvalue weighted by Crippen LogP contribution is 2.35. The number of fused-ring (bicyclic) bond motifs is 2. The Labute approximate surface area is 202 Å². The zero-order valence-electron chi connectivity index (χ0n) is 19.9. The Kier molecular flexibility index (Phi) is 5.40. The first kappa shape index (κ1) is 22.0. The van der Waals surface area contributed by atoms with Gasteiger partial charge in [0, 0.05) is 68.2 Å². The van der Waals surface area contributed by atoms with E-state index < -0.39 is 0 Å². The van der Waals surface area contributed by atoms with Gasteiger partial charge in [-0.3, -0.25) is 9.69 Å². The molecule has 0 spiro atoms. The largest absolute Gasteiger partial charge is 0.373 e. The van der Waals surface area contributed by atoms with E-state index in [2.05, 4.69) is 43.3 Å². The van der Waals surface area contributed by atoms with E-state index in [-0.39, 0.29) is 24.7 Å². The van der Waals surface area contributed by atoms with Crippen LogP contribution in [0.25, 0.3) is 27.9 Å². The van der Waals surface area contributed by atoms with Crippen LogP contribution >= 0.6 is 0 Å². The van der Waals surface area contributed by atoms with Crippen LogP contribution in [0.5, 0.6) is 0 Å². The SMILES string of the molecule is CNc1cc(-c2cn([C@H]3CCN(CCF)C3)c3ncccc23)nc2c(C(=O)N[C@@H]3C[C@@H]3C)cnn12. The van der Waals surface area contributed by atoms with Crippen LogP contribution in [0.2, 0.25) is 0 Å². The van der Waals surface area contributed by atoms with Crippen molar-refractivity contribution in [2.75, 3.05) is 38.7 Å². The summed E-state index contributed by atoms with van der Waals surface area (Å²) >= 11 is 0. The van der Waals surface area contributed by atoms with Crippen molar-refractivity contribution in [1.82, 2.24) is 34.4 Å². The van der Waals surface area contributed by atoms with Gasteiger partial charge >= 0.3 is 0 Å². The van der Waals surface area contributed by atoms with E-state index >= 15 is 0 Å². The number of halogens is 1. The molecule has 0 radical (unpaired) electrons. The highest BCUT2D eigenvalue weighted by atomic mass is 19.1. The van der Waals surface area contributed by atoms with E-state index in [1.54, 1.807) is 16.9 Å². The predicted molar refractivity (Wildman–Crippen MR) is 132 cm³/mol. The molecule has 1 saturated heterocycles. The van der Waals surface area contributed by atoms with E-state index in [1.807, 2.05) is 25.2 Å². The molecule has 4 aromatic heterocycles. The smallest absolute Gasteiger partial charge is 0.256 e. The lowest BCUT2D eigenvalue weighted by atomic mass is 10.1. The van der Waals surface area contributed by atoms with Crippen LogP contribution in [-0.2, 0) is 0 Å². The van der Waals surface area contributed by atoms with E-state index in [0.29, 0.717) is 23.7 Å². The molecular weight excluding hydrogens is 447 g/mol.